The van der Waals surface area contributed by atoms with Crippen molar-refractivity contribution in [2.24, 2.45) is 5.73 Å². The number of ether oxygens (including phenoxy) is 1. The van der Waals surface area contributed by atoms with Crippen LogP contribution in [0.3, 0.4) is 0 Å². The van der Waals surface area contributed by atoms with Gasteiger partial charge in [-0.05, 0) is 40.5 Å². The van der Waals surface area contributed by atoms with E-state index in [4.69, 9.17) is 15.6 Å². The summed E-state index contributed by atoms with van der Waals surface area (Å²) in [7, 11) is 0. The minimum absolute atomic E-state index is 0.271. The molecule has 0 unspecified atom stereocenters. The monoisotopic (exact) mass is 300 g/mol. The van der Waals surface area contributed by atoms with E-state index in [1.807, 2.05) is 0 Å². The molecule has 1 rings (SSSR count). The summed E-state index contributed by atoms with van der Waals surface area (Å²) in [4.78, 5) is 37.2. The maximum absolute atomic E-state index is 12.5. The van der Waals surface area contributed by atoms with E-state index in [1.165, 1.54) is 11.8 Å². The molecule has 2 atom stereocenters. The second-order valence-corrected chi connectivity index (χ2v) is 6.49. The lowest BCUT2D eigenvalue weighted by Gasteiger charge is -2.38. The third-order valence-corrected chi connectivity index (χ3v) is 3.37. The zero-order chi connectivity index (χ0) is 16.4. The fraction of sp³-hybridized carbons (Fsp3) is 0.786. The number of carboxylic acid groups (broad SMARTS) is 1. The molecule has 0 aliphatic carbocycles. The third-order valence-electron chi connectivity index (χ3n) is 3.37. The van der Waals surface area contributed by atoms with E-state index in [0.717, 1.165) is 0 Å². The van der Waals surface area contributed by atoms with Crippen LogP contribution in [0.2, 0.25) is 0 Å². The lowest BCUT2D eigenvalue weighted by Crippen LogP contribution is -2.59. The molecule has 0 bridgehead atoms. The smallest absolute Gasteiger partial charge is 0.333 e. The first-order valence-electron chi connectivity index (χ1n) is 7.02. The molecule has 1 fully saturated rings. The molecule has 0 radical (unpaired) electrons. The SMILES string of the molecule is C[C@H](N)C(=O)N1CCC[C@]1(CC(=O)O)C(=O)OC(C)(C)C. The first-order chi connectivity index (χ1) is 9.49. The average molecular weight is 300 g/mol. The molecule has 7 nitrogen and oxygen atoms in total. The van der Waals surface area contributed by atoms with Gasteiger partial charge in [-0.1, -0.05) is 0 Å². The minimum Gasteiger partial charge on any atom is -0.481 e. The van der Waals surface area contributed by atoms with Crippen LogP contribution in [-0.2, 0) is 19.1 Å². The highest BCUT2D eigenvalue weighted by Crippen LogP contribution is 2.35. The van der Waals surface area contributed by atoms with E-state index >= 15 is 0 Å². The summed E-state index contributed by atoms with van der Waals surface area (Å²) in [5, 5.41) is 9.15. The number of esters is 1. The van der Waals surface area contributed by atoms with Gasteiger partial charge >= 0.3 is 11.9 Å². The average Bonchev–Trinajstić information content (AvgIpc) is 2.69. The van der Waals surface area contributed by atoms with Gasteiger partial charge in [0.05, 0.1) is 12.5 Å². The van der Waals surface area contributed by atoms with Crippen molar-refractivity contribution >= 4 is 17.8 Å². The third kappa shape index (κ3) is 3.93. The van der Waals surface area contributed by atoms with Gasteiger partial charge in [0.25, 0.3) is 0 Å². The Bertz CT molecular complexity index is 441. The summed E-state index contributed by atoms with van der Waals surface area (Å²) in [5.74, 6) is -2.26. The molecule has 0 aromatic heterocycles. The van der Waals surface area contributed by atoms with Crippen LogP contribution < -0.4 is 5.73 Å². The van der Waals surface area contributed by atoms with E-state index in [2.05, 4.69) is 0 Å². The predicted octanol–water partition coefficient (Wildman–Crippen LogP) is 0.511. The Hall–Kier alpha value is -1.63. The van der Waals surface area contributed by atoms with Gasteiger partial charge in [-0.2, -0.15) is 0 Å². The normalized spacial score (nSPS) is 23.8. The summed E-state index contributed by atoms with van der Waals surface area (Å²) in [5.41, 5.74) is 3.39. The Morgan fingerprint density at radius 2 is 1.95 bits per heavy atom. The van der Waals surface area contributed by atoms with Gasteiger partial charge < -0.3 is 20.5 Å². The fourth-order valence-corrected chi connectivity index (χ4v) is 2.54. The number of carboxylic acids is 1. The zero-order valence-corrected chi connectivity index (χ0v) is 13.0. The van der Waals surface area contributed by atoms with Gasteiger partial charge in [0.2, 0.25) is 5.91 Å². The van der Waals surface area contributed by atoms with Crippen LogP contribution in [0.1, 0.15) is 47.0 Å². The highest BCUT2D eigenvalue weighted by molar-refractivity contribution is 5.93. The van der Waals surface area contributed by atoms with Gasteiger partial charge in [0, 0.05) is 6.54 Å². The number of nitrogens with two attached hydrogens (primary N) is 1. The first kappa shape index (κ1) is 17.4. The van der Waals surface area contributed by atoms with Gasteiger partial charge in [-0.3, -0.25) is 9.59 Å². The molecule has 1 aliphatic rings. The Labute approximate surface area is 124 Å². The van der Waals surface area contributed by atoms with E-state index in [0.29, 0.717) is 13.0 Å². The van der Waals surface area contributed by atoms with Crippen molar-refractivity contribution in [1.29, 1.82) is 0 Å². The highest BCUT2D eigenvalue weighted by Gasteiger charge is 2.53. The molecule has 1 heterocycles. The molecule has 1 saturated heterocycles. The fourth-order valence-electron chi connectivity index (χ4n) is 2.54. The van der Waals surface area contributed by atoms with Crippen molar-refractivity contribution in [3.05, 3.63) is 0 Å². The summed E-state index contributed by atoms with van der Waals surface area (Å²) in [6, 6.07) is -0.793. The number of nitrogens with zero attached hydrogens (tertiary/aromatic N) is 1. The quantitative estimate of drug-likeness (QED) is 0.732. The number of hydrogen-bond acceptors (Lipinski definition) is 5. The van der Waals surface area contributed by atoms with Crippen molar-refractivity contribution in [2.45, 2.75) is 64.1 Å². The summed E-state index contributed by atoms with van der Waals surface area (Å²) < 4.78 is 5.35. The lowest BCUT2D eigenvalue weighted by atomic mass is 9.91. The van der Waals surface area contributed by atoms with Crippen LogP contribution in [0.4, 0.5) is 0 Å². The van der Waals surface area contributed by atoms with Gasteiger partial charge in [0.15, 0.2) is 5.54 Å². The van der Waals surface area contributed by atoms with Crippen molar-refractivity contribution in [2.75, 3.05) is 6.54 Å². The van der Waals surface area contributed by atoms with E-state index in [1.54, 1.807) is 20.8 Å². The zero-order valence-electron chi connectivity index (χ0n) is 13.0. The van der Waals surface area contributed by atoms with Gasteiger partial charge in [0.1, 0.15) is 5.60 Å². The standard InChI is InChI=1S/C14H24N2O5/c1-9(15)11(19)16-7-5-6-14(16,8-10(17)18)12(20)21-13(2,3)4/h9H,5-8,15H2,1-4H3,(H,17,18)/t9-,14-/m0/s1. The second kappa shape index (κ2) is 6.01. The van der Waals surface area contributed by atoms with E-state index < -0.39 is 41.4 Å². The van der Waals surface area contributed by atoms with Crippen molar-refractivity contribution in [3.63, 3.8) is 0 Å². The Morgan fingerprint density at radius 1 is 1.38 bits per heavy atom. The molecule has 21 heavy (non-hydrogen) atoms. The predicted molar refractivity (Wildman–Crippen MR) is 75.4 cm³/mol. The minimum atomic E-state index is -1.45. The molecule has 1 aliphatic heterocycles. The Morgan fingerprint density at radius 3 is 2.38 bits per heavy atom. The molecule has 7 heteroatoms. The molecular weight excluding hydrogens is 276 g/mol. The maximum Gasteiger partial charge on any atom is 0.333 e. The summed E-state index contributed by atoms with van der Waals surface area (Å²) in [6.45, 7) is 6.93. The van der Waals surface area contributed by atoms with Crippen molar-refractivity contribution in [1.82, 2.24) is 4.90 Å². The van der Waals surface area contributed by atoms with Gasteiger partial charge in [-0.15, -0.1) is 0 Å². The number of hydrogen-bond donors (Lipinski definition) is 2. The largest absolute Gasteiger partial charge is 0.481 e. The molecule has 0 aromatic carbocycles. The van der Waals surface area contributed by atoms with Gasteiger partial charge in [-0.25, -0.2) is 4.79 Å². The van der Waals surface area contributed by atoms with Crippen molar-refractivity contribution < 1.29 is 24.2 Å². The van der Waals surface area contributed by atoms with Crippen LogP contribution in [0.5, 0.6) is 0 Å². The first-order valence-corrected chi connectivity index (χ1v) is 7.02. The van der Waals surface area contributed by atoms with Crippen LogP contribution in [-0.4, -0.2) is 51.6 Å². The van der Waals surface area contributed by atoms with Crippen molar-refractivity contribution in [3.8, 4) is 0 Å². The maximum atomic E-state index is 12.5. The molecule has 0 spiro atoms. The number of aliphatic carboxylic acids is 1. The molecular formula is C14H24N2O5. The molecule has 3 N–H and O–H groups in total. The van der Waals surface area contributed by atoms with E-state index in [9.17, 15) is 14.4 Å². The summed E-state index contributed by atoms with van der Waals surface area (Å²) >= 11 is 0. The molecule has 1 amide bonds. The van der Waals surface area contributed by atoms with Crippen LogP contribution >= 0.6 is 0 Å². The Kier molecular flexibility index (Phi) is 4.99. The number of amides is 1. The number of rotatable bonds is 4. The van der Waals surface area contributed by atoms with E-state index in [-0.39, 0.29) is 6.42 Å². The molecule has 0 aromatic rings. The molecule has 0 saturated carbocycles. The number of likely N-dealkylation sites (tertiary alicyclic amines) is 1. The van der Waals surface area contributed by atoms with Crippen LogP contribution in [0.25, 0.3) is 0 Å². The van der Waals surface area contributed by atoms with Crippen LogP contribution in [0, 0.1) is 0 Å². The summed E-state index contributed by atoms with van der Waals surface area (Å²) in [6.07, 6.45) is 0.345. The molecule has 120 valence electrons. The topological polar surface area (TPSA) is 110 Å². The Balaban J connectivity index is 3.16. The second-order valence-electron chi connectivity index (χ2n) is 6.49. The van der Waals surface area contributed by atoms with Crippen LogP contribution in [0.15, 0.2) is 0 Å². The highest BCUT2D eigenvalue weighted by atomic mass is 16.6. The lowest BCUT2D eigenvalue weighted by molar-refractivity contribution is -0.175. The number of carbonyl (C=O) groups excluding carboxylic acids is 2. The number of carbonyl (C=O) groups is 3.